The van der Waals surface area contributed by atoms with Crippen molar-refractivity contribution >= 4 is 35.8 Å². The van der Waals surface area contributed by atoms with Crippen LogP contribution in [-0.4, -0.2) is 79.6 Å². The maximum Gasteiger partial charge on any atom is 0.280 e. The van der Waals surface area contributed by atoms with E-state index >= 15 is 0 Å². The van der Waals surface area contributed by atoms with Crippen molar-refractivity contribution in [2.75, 3.05) is 39.3 Å². The largest absolute Gasteiger partial charge is 0.465 e. The highest BCUT2D eigenvalue weighted by atomic mass is 35.5. The summed E-state index contributed by atoms with van der Waals surface area (Å²) in [6.07, 6.45) is 6.12. The second-order valence-corrected chi connectivity index (χ2v) is 9.92. The lowest BCUT2D eigenvalue weighted by Gasteiger charge is -2.41. The molecule has 8 nitrogen and oxygen atoms in total. The van der Waals surface area contributed by atoms with Gasteiger partial charge in [-0.3, -0.25) is 14.4 Å². The molecule has 0 saturated heterocycles. The average molecular weight is 510 g/mol. The van der Waals surface area contributed by atoms with Crippen molar-refractivity contribution in [2.45, 2.75) is 77.0 Å². The number of methoxy groups -OCH3 is 1. The van der Waals surface area contributed by atoms with Gasteiger partial charge >= 0.3 is 0 Å². The normalized spacial score (nSPS) is 20.1. The maximum absolute atomic E-state index is 13.6. The number of hydrogen-bond acceptors (Lipinski definition) is 5. The summed E-state index contributed by atoms with van der Waals surface area (Å²) in [5.74, 6) is -0.484. The molecule has 1 fully saturated rings. The molecule has 9 heteroatoms. The lowest BCUT2D eigenvalue weighted by Crippen LogP contribution is -2.62. The van der Waals surface area contributed by atoms with Crippen LogP contribution < -0.4 is 9.64 Å². The molecule has 196 valence electrons. The number of carbonyl (C=O) groups is 3. The first kappa shape index (κ1) is 28.9. The average Bonchev–Trinajstić information content (AvgIpc) is 2.81. The van der Waals surface area contributed by atoms with Gasteiger partial charge in [0.15, 0.2) is 0 Å². The molecule has 0 N–H and O–H groups in total. The van der Waals surface area contributed by atoms with Crippen molar-refractivity contribution in [3.05, 3.63) is 23.8 Å². The fourth-order valence-corrected chi connectivity index (χ4v) is 5.06. The highest BCUT2D eigenvalue weighted by Crippen LogP contribution is 2.40. The molecule has 0 spiro atoms. The van der Waals surface area contributed by atoms with E-state index in [9.17, 15) is 14.4 Å². The van der Waals surface area contributed by atoms with E-state index in [2.05, 4.69) is 0 Å². The molecule has 3 amide bonds. The lowest BCUT2D eigenvalue weighted by molar-refractivity contribution is -0.154. The minimum atomic E-state index is -1.67. The van der Waals surface area contributed by atoms with Crippen molar-refractivity contribution in [1.29, 1.82) is 0 Å². The van der Waals surface area contributed by atoms with Crippen molar-refractivity contribution in [3.8, 4) is 5.75 Å². The Hall–Kier alpha value is -2.32. The zero-order chi connectivity index (χ0) is 25.0. The second-order valence-electron chi connectivity index (χ2n) is 9.92. The van der Waals surface area contributed by atoms with Gasteiger partial charge in [0.1, 0.15) is 5.75 Å². The molecule has 2 aliphatic rings. The maximum atomic E-state index is 13.6. The summed E-state index contributed by atoms with van der Waals surface area (Å²) in [5.41, 5.74) is -0.627. The van der Waals surface area contributed by atoms with Gasteiger partial charge in [-0.25, -0.2) is 0 Å². The molecule has 1 aromatic carbocycles. The summed E-state index contributed by atoms with van der Waals surface area (Å²) in [6.45, 7) is 6.43. The summed E-state index contributed by atoms with van der Waals surface area (Å²) >= 11 is 0. The van der Waals surface area contributed by atoms with Gasteiger partial charge in [0.05, 0.1) is 5.69 Å². The quantitative estimate of drug-likeness (QED) is 0.392. The Bertz CT molecular complexity index is 916. The topological polar surface area (TPSA) is 79.4 Å². The van der Waals surface area contributed by atoms with Gasteiger partial charge in [-0.1, -0.05) is 19.3 Å². The Labute approximate surface area is 215 Å². The van der Waals surface area contributed by atoms with E-state index in [4.69, 9.17) is 9.47 Å². The molecule has 1 aliphatic heterocycles. The Morgan fingerprint density at radius 3 is 2.43 bits per heavy atom. The lowest BCUT2D eigenvalue weighted by atomic mass is 9.92. The summed E-state index contributed by atoms with van der Waals surface area (Å²) in [5, 5.41) is 0. The predicted octanol–water partition coefficient (Wildman–Crippen LogP) is 3.90. The van der Waals surface area contributed by atoms with E-state index in [1.54, 1.807) is 44.3 Å². The van der Waals surface area contributed by atoms with E-state index in [1.165, 1.54) is 18.2 Å². The summed E-state index contributed by atoms with van der Waals surface area (Å²) in [4.78, 5) is 45.0. The Kier molecular flexibility index (Phi) is 9.98. The summed E-state index contributed by atoms with van der Waals surface area (Å²) < 4.78 is 11.2. The van der Waals surface area contributed by atoms with Gasteiger partial charge in [-0.2, -0.15) is 0 Å². The van der Waals surface area contributed by atoms with Crippen molar-refractivity contribution < 1.29 is 23.9 Å². The van der Waals surface area contributed by atoms with E-state index in [0.29, 0.717) is 36.6 Å². The molecule has 1 aliphatic carbocycles. The molecule has 3 rings (SSSR count). The molecule has 1 saturated carbocycles. The predicted molar refractivity (Wildman–Crippen MR) is 138 cm³/mol. The van der Waals surface area contributed by atoms with Gasteiger partial charge in [-0.15, -0.1) is 12.4 Å². The SMILES string of the molecule is COCCCN1C(=O)C(C)(C(=O)N(C)C)Oc2ccc(C(=O)N(C(C)C)C3CCCCC3)cc21.Cl. The zero-order valence-corrected chi connectivity index (χ0v) is 22.7. The Morgan fingerprint density at radius 2 is 1.86 bits per heavy atom. The van der Waals surface area contributed by atoms with Crippen LogP contribution in [0.1, 0.15) is 69.7 Å². The molecule has 0 radical (unpaired) electrons. The number of nitrogens with zero attached hydrogens (tertiary/aromatic N) is 3. The van der Waals surface area contributed by atoms with E-state index in [0.717, 1.165) is 25.7 Å². The number of likely N-dealkylation sites (N-methyl/N-ethyl adjacent to an activating group) is 1. The number of anilines is 1. The van der Waals surface area contributed by atoms with E-state index in [1.807, 2.05) is 18.7 Å². The monoisotopic (exact) mass is 509 g/mol. The summed E-state index contributed by atoms with van der Waals surface area (Å²) in [6, 6.07) is 5.49. The number of benzene rings is 1. The molecule has 0 aromatic heterocycles. The van der Waals surface area contributed by atoms with Crippen LogP contribution in [0.3, 0.4) is 0 Å². The molecule has 35 heavy (non-hydrogen) atoms. The number of ether oxygens (including phenoxy) is 2. The van der Waals surface area contributed by atoms with Crippen molar-refractivity contribution in [2.24, 2.45) is 0 Å². The number of halogens is 1. The zero-order valence-electron chi connectivity index (χ0n) is 21.8. The van der Waals surface area contributed by atoms with Crippen LogP contribution >= 0.6 is 12.4 Å². The number of rotatable bonds is 8. The van der Waals surface area contributed by atoms with Gasteiger partial charge in [0.2, 0.25) is 0 Å². The molecule has 1 unspecified atom stereocenters. The molecule has 1 atom stereocenters. The fraction of sp³-hybridized carbons (Fsp3) is 0.654. The van der Waals surface area contributed by atoms with Gasteiger partial charge in [-0.05, 0) is 58.2 Å². The first-order valence-corrected chi connectivity index (χ1v) is 12.3. The van der Waals surface area contributed by atoms with Crippen LogP contribution in [0.15, 0.2) is 18.2 Å². The third-order valence-corrected chi connectivity index (χ3v) is 6.77. The Balaban J connectivity index is 0.00000432. The number of hydrogen-bond donors (Lipinski definition) is 0. The highest BCUT2D eigenvalue weighted by molar-refractivity contribution is 6.16. The van der Waals surface area contributed by atoms with Crippen molar-refractivity contribution in [1.82, 2.24) is 9.80 Å². The fourth-order valence-electron chi connectivity index (χ4n) is 5.06. The minimum absolute atomic E-state index is 0. The second kappa shape index (κ2) is 12.1. The highest BCUT2D eigenvalue weighted by Gasteiger charge is 2.51. The van der Waals surface area contributed by atoms with E-state index < -0.39 is 17.4 Å². The molecule has 0 bridgehead atoms. The Morgan fingerprint density at radius 1 is 1.20 bits per heavy atom. The van der Waals surface area contributed by atoms with Crippen molar-refractivity contribution in [3.63, 3.8) is 0 Å². The standard InChI is InChI=1S/C26H39N3O5.ClH/c1-18(2)29(20-11-8-7-9-12-20)23(30)19-13-14-22-21(17-19)28(15-10-16-33-6)25(32)26(3,34-22)24(31)27(4)5;/h13-14,17-18,20H,7-12,15-16H2,1-6H3;1H. The van der Waals surface area contributed by atoms with Gasteiger partial charge in [0, 0.05) is 52.0 Å². The van der Waals surface area contributed by atoms with Crippen LogP contribution in [0.2, 0.25) is 0 Å². The molecule has 1 heterocycles. The minimum Gasteiger partial charge on any atom is -0.465 e. The van der Waals surface area contributed by atoms with Crippen LogP contribution in [0.25, 0.3) is 0 Å². The first-order chi connectivity index (χ1) is 16.1. The number of amides is 3. The van der Waals surface area contributed by atoms with Crippen LogP contribution in [0.5, 0.6) is 5.75 Å². The molecular weight excluding hydrogens is 470 g/mol. The van der Waals surface area contributed by atoms with Gasteiger partial charge in [0.25, 0.3) is 23.3 Å². The molecular formula is C26H40ClN3O5. The van der Waals surface area contributed by atoms with E-state index in [-0.39, 0.29) is 30.4 Å². The number of carbonyl (C=O) groups excluding carboxylic acids is 3. The van der Waals surface area contributed by atoms with Gasteiger partial charge < -0.3 is 24.2 Å². The molecule has 1 aromatic rings. The third-order valence-electron chi connectivity index (χ3n) is 6.77. The van der Waals surface area contributed by atoms with Crippen LogP contribution in [0.4, 0.5) is 5.69 Å². The summed E-state index contributed by atoms with van der Waals surface area (Å²) in [7, 11) is 4.81. The van der Waals surface area contributed by atoms with Crippen LogP contribution in [-0.2, 0) is 14.3 Å². The third kappa shape index (κ3) is 5.92. The van der Waals surface area contributed by atoms with Crippen LogP contribution in [0, 0.1) is 0 Å². The first-order valence-electron chi connectivity index (χ1n) is 12.3. The smallest absolute Gasteiger partial charge is 0.280 e. The number of fused-ring (bicyclic) bond motifs is 1.